The second-order valence-electron chi connectivity index (χ2n) is 4.41. The van der Waals surface area contributed by atoms with Crippen molar-refractivity contribution in [2.75, 3.05) is 39.5 Å². The Hall–Kier alpha value is -0.650. The molecule has 0 aromatic rings. The predicted octanol–water partition coefficient (Wildman–Crippen LogP) is -0.0141. The van der Waals surface area contributed by atoms with Crippen molar-refractivity contribution in [1.82, 2.24) is 10.2 Å². The number of hydrogen-bond donors (Lipinski definition) is 2. The van der Waals surface area contributed by atoms with Crippen LogP contribution in [0.5, 0.6) is 0 Å². The van der Waals surface area contributed by atoms with Gasteiger partial charge in [-0.15, -0.1) is 0 Å². The predicted molar refractivity (Wildman–Crippen MR) is 65.8 cm³/mol. The van der Waals surface area contributed by atoms with Gasteiger partial charge in [0, 0.05) is 25.7 Å². The number of carbonyl (C=O) groups excluding carboxylic acids is 1. The van der Waals surface area contributed by atoms with Crippen LogP contribution >= 0.6 is 0 Å². The molecule has 2 N–H and O–H groups in total. The third-order valence-electron chi connectivity index (χ3n) is 2.90. The van der Waals surface area contributed by atoms with Crippen molar-refractivity contribution in [1.29, 1.82) is 0 Å². The molecule has 1 aliphatic rings. The Bertz CT molecular complexity index is 218. The van der Waals surface area contributed by atoms with Crippen LogP contribution in [0.3, 0.4) is 0 Å². The van der Waals surface area contributed by atoms with E-state index >= 15 is 0 Å². The molecule has 0 aromatic heterocycles. The Morgan fingerprint density at radius 3 is 3.00 bits per heavy atom. The molecule has 1 heterocycles. The van der Waals surface area contributed by atoms with Crippen molar-refractivity contribution in [3.63, 3.8) is 0 Å². The van der Waals surface area contributed by atoms with Crippen LogP contribution in [0, 0.1) is 0 Å². The topological polar surface area (TPSA) is 61.8 Å². The maximum absolute atomic E-state index is 11.9. The van der Waals surface area contributed by atoms with Crippen molar-refractivity contribution in [3.05, 3.63) is 0 Å². The summed E-state index contributed by atoms with van der Waals surface area (Å²) in [6, 6.07) is 0.372. The highest BCUT2D eigenvalue weighted by atomic mass is 16.5. The number of rotatable bonds is 8. The zero-order valence-corrected chi connectivity index (χ0v) is 10.7. The van der Waals surface area contributed by atoms with Crippen molar-refractivity contribution >= 4 is 5.91 Å². The largest absolute Gasteiger partial charge is 0.395 e. The van der Waals surface area contributed by atoms with Gasteiger partial charge in [-0.1, -0.05) is 6.92 Å². The SMILES string of the molecule is CCCOCC(=O)N(CCO)CC1CCCN1. The van der Waals surface area contributed by atoms with Gasteiger partial charge >= 0.3 is 0 Å². The summed E-state index contributed by atoms with van der Waals surface area (Å²) in [5.74, 6) is -0.0267. The lowest BCUT2D eigenvalue weighted by Crippen LogP contribution is -2.44. The molecule has 100 valence electrons. The molecule has 0 saturated carbocycles. The van der Waals surface area contributed by atoms with E-state index < -0.39 is 0 Å². The first kappa shape index (κ1) is 14.4. The highest BCUT2D eigenvalue weighted by Crippen LogP contribution is 2.07. The fraction of sp³-hybridized carbons (Fsp3) is 0.917. The third kappa shape index (κ3) is 5.48. The van der Waals surface area contributed by atoms with E-state index in [0.29, 0.717) is 25.7 Å². The van der Waals surface area contributed by atoms with Gasteiger partial charge in [-0.2, -0.15) is 0 Å². The van der Waals surface area contributed by atoms with Crippen LogP contribution in [0.1, 0.15) is 26.2 Å². The number of nitrogens with one attached hydrogen (secondary N) is 1. The summed E-state index contributed by atoms with van der Waals surface area (Å²) < 4.78 is 5.24. The second-order valence-corrected chi connectivity index (χ2v) is 4.41. The molecule has 0 aromatic carbocycles. The standard InChI is InChI=1S/C12H24N2O3/c1-2-8-17-10-12(16)14(6-7-15)9-11-4-3-5-13-11/h11,13,15H,2-10H2,1H3. The van der Waals surface area contributed by atoms with Gasteiger partial charge in [0.2, 0.25) is 5.91 Å². The van der Waals surface area contributed by atoms with E-state index in [-0.39, 0.29) is 19.1 Å². The van der Waals surface area contributed by atoms with Gasteiger partial charge in [0.05, 0.1) is 6.61 Å². The Morgan fingerprint density at radius 2 is 2.41 bits per heavy atom. The zero-order chi connectivity index (χ0) is 12.5. The molecule has 5 nitrogen and oxygen atoms in total. The highest BCUT2D eigenvalue weighted by molar-refractivity contribution is 5.77. The fourth-order valence-electron chi connectivity index (χ4n) is 2.01. The molecule has 1 saturated heterocycles. The number of carbonyl (C=O) groups is 1. The fourth-order valence-corrected chi connectivity index (χ4v) is 2.01. The van der Waals surface area contributed by atoms with E-state index in [4.69, 9.17) is 9.84 Å². The molecule has 0 spiro atoms. The number of amides is 1. The average molecular weight is 244 g/mol. The van der Waals surface area contributed by atoms with Crippen LogP contribution in [0.4, 0.5) is 0 Å². The second kappa shape index (κ2) is 8.44. The molecule has 1 aliphatic heterocycles. The van der Waals surface area contributed by atoms with Crippen molar-refractivity contribution < 1.29 is 14.6 Å². The Morgan fingerprint density at radius 1 is 1.59 bits per heavy atom. The van der Waals surface area contributed by atoms with Crippen LogP contribution in [0.2, 0.25) is 0 Å². The van der Waals surface area contributed by atoms with E-state index in [9.17, 15) is 4.79 Å². The van der Waals surface area contributed by atoms with E-state index in [0.717, 1.165) is 25.8 Å². The van der Waals surface area contributed by atoms with Crippen LogP contribution in [-0.2, 0) is 9.53 Å². The van der Waals surface area contributed by atoms with Gasteiger partial charge in [-0.05, 0) is 25.8 Å². The molecule has 17 heavy (non-hydrogen) atoms. The minimum Gasteiger partial charge on any atom is -0.395 e. The summed E-state index contributed by atoms with van der Waals surface area (Å²) in [5.41, 5.74) is 0. The van der Waals surface area contributed by atoms with Crippen LogP contribution in [0.25, 0.3) is 0 Å². The van der Waals surface area contributed by atoms with Crippen molar-refractivity contribution in [2.24, 2.45) is 0 Å². The lowest BCUT2D eigenvalue weighted by molar-refractivity contribution is -0.137. The van der Waals surface area contributed by atoms with Gasteiger partial charge in [0.25, 0.3) is 0 Å². The zero-order valence-electron chi connectivity index (χ0n) is 10.7. The normalized spacial score (nSPS) is 19.5. The number of aliphatic hydroxyl groups excluding tert-OH is 1. The summed E-state index contributed by atoms with van der Waals surface area (Å²) in [7, 11) is 0. The smallest absolute Gasteiger partial charge is 0.248 e. The average Bonchev–Trinajstić information content (AvgIpc) is 2.81. The van der Waals surface area contributed by atoms with Crippen LogP contribution in [-0.4, -0.2) is 61.4 Å². The van der Waals surface area contributed by atoms with Gasteiger partial charge in [-0.3, -0.25) is 4.79 Å². The van der Waals surface area contributed by atoms with Crippen LogP contribution < -0.4 is 5.32 Å². The molecule has 0 aliphatic carbocycles. The Labute approximate surface area is 103 Å². The molecule has 5 heteroatoms. The minimum atomic E-state index is -0.0267. The minimum absolute atomic E-state index is 0.00619. The number of aliphatic hydroxyl groups is 1. The van der Waals surface area contributed by atoms with Gasteiger partial charge in [-0.25, -0.2) is 0 Å². The molecule has 0 radical (unpaired) electrons. The molecular formula is C12H24N2O3. The molecule has 1 atom stereocenters. The lowest BCUT2D eigenvalue weighted by Gasteiger charge is -2.25. The summed E-state index contributed by atoms with van der Waals surface area (Å²) in [4.78, 5) is 13.6. The summed E-state index contributed by atoms with van der Waals surface area (Å²) in [5, 5.41) is 12.3. The Balaban J connectivity index is 2.31. The molecule has 1 rings (SSSR count). The molecule has 1 fully saturated rings. The number of hydrogen-bond acceptors (Lipinski definition) is 4. The lowest BCUT2D eigenvalue weighted by atomic mass is 10.2. The van der Waals surface area contributed by atoms with E-state index in [2.05, 4.69) is 5.32 Å². The third-order valence-corrected chi connectivity index (χ3v) is 2.90. The first-order valence-electron chi connectivity index (χ1n) is 6.47. The maximum atomic E-state index is 11.9. The van der Waals surface area contributed by atoms with Gasteiger partial charge in [0.15, 0.2) is 0 Å². The molecular weight excluding hydrogens is 220 g/mol. The summed E-state index contributed by atoms with van der Waals surface area (Å²) in [6.45, 7) is 4.85. The van der Waals surface area contributed by atoms with Gasteiger partial charge in [0.1, 0.15) is 6.61 Å². The Kier molecular flexibility index (Phi) is 7.16. The van der Waals surface area contributed by atoms with Crippen molar-refractivity contribution in [2.45, 2.75) is 32.2 Å². The summed E-state index contributed by atoms with van der Waals surface area (Å²) in [6.07, 6.45) is 3.18. The maximum Gasteiger partial charge on any atom is 0.248 e. The van der Waals surface area contributed by atoms with E-state index in [1.165, 1.54) is 0 Å². The molecule has 1 amide bonds. The summed E-state index contributed by atoms with van der Waals surface area (Å²) >= 11 is 0. The quantitative estimate of drug-likeness (QED) is 0.589. The monoisotopic (exact) mass is 244 g/mol. The first-order valence-corrected chi connectivity index (χ1v) is 6.47. The molecule has 0 bridgehead atoms. The molecule has 1 unspecified atom stereocenters. The van der Waals surface area contributed by atoms with Gasteiger partial charge < -0.3 is 20.1 Å². The van der Waals surface area contributed by atoms with Crippen molar-refractivity contribution in [3.8, 4) is 0 Å². The van der Waals surface area contributed by atoms with E-state index in [1.807, 2.05) is 6.92 Å². The van der Waals surface area contributed by atoms with E-state index in [1.54, 1.807) is 4.90 Å². The van der Waals surface area contributed by atoms with Crippen LogP contribution in [0.15, 0.2) is 0 Å². The number of nitrogens with zero attached hydrogens (tertiary/aromatic N) is 1. The number of ether oxygens (including phenoxy) is 1. The highest BCUT2D eigenvalue weighted by Gasteiger charge is 2.20. The first-order chi connectivity index (χ1) is 8.27.